The Morgan fingerprint density at radius 3 is 2.50 bits per heavy atom. The molecule has 2 rings (SSSR count). The highest BCUT2D eigenvalue weighted by Crippen LogP contribution is 2.16. The Morgan fingerprint density at radius 2 is 1.93 bits per heavy atom. The van der Waals surface area contributed by atoms with Gasteiger partial charge in [-0.1, -0.05) is 29.3 Å². The highest BCUT2D eigenvalue weighted by molar-refractivity contribution is 7.09. The van der Waals surface area contributed by atoms with E-state index in [0.717, 1.165) is 0 Å². The maximum atomic E-state index is 5.76. The molecule has 0 radical (unpaired) electrons. The van der Waals surface area contributed by atoms with Gasteiger partial charge in [0.25, 0.3) is 0 Å². The van der Waals surface area contributed by atoms with Crippen LogP contribution in [0.4, 0.5) is 0 Å². The van der Waals surface area contributed by atoms with Crippen molar-refractivity contribution in [3.8, 4) is 0 Å². The molecule has 0 unspecified atom stereocenters. The number of hydrogen-bond acceptors (Lipinski definition) is 3. The molecule has 0 N–H and O–H groups in total. The topological polar surface area (TPSA) is 25.8 Å². The lowest BCUT2D eigenvalue weighted by Crippen LogP contribution is -1.95. The molecule has 0 atom stereocenters. The van der Waals surface area contributed by atoms with E-state index in [-0.39, 0.29) is 0 Å². The van der Waals surface area contributed by atoms with Crippen molar-refractivity contribution in [3.63, 3.8) is 0 Å². The fraction of sp³-hybridized carbons (Fsp3) is 0.111. The molecule has 0 aliphatic rings. The first-order valence-corrected chi connectivity index (χ1v) is 5.59. The van der Waals surface area contributed by atoms with Crippen molar-refractivity contribution in [1.82, 2.24) is 9.97 Å². The van der Waals surface area contributed by atoms with E-state index in [1.807, 2.05) is 17.5 Å². The molecule has 0 bridgehead atoms. The van der Waals surface area contributed by atoms with Gasteiger partial charge < -0.3 is 0 Å². The molecule has 0 saturated carbocycles. The smallest absolute Gasteiger partial charge is 0.137 e. The Bertz CT molecular complexity index is 408. The molecule has 2 nitrogen and oxygen atoms in total. The molecule has 0 saturated heterocycles. The van der Waals surface area contributed by atoms with Gasteiger partial charge in [-0.15, -0.1) is 11.3 Å². The molecule has 14 heavy (non-hydrogen) atoms. The molecule has 72 valence electrons. The van der Waals surface area contributed by atoms with Gasteiger partial charge >= 0.3 is 0 Å². The van der Waals surface area contributed by atoms with E-state index < -0.39 is 0 Å². The minimum atomic E-state index is 0.386. The molecule has 2 aromatic heterocycles. The van der Waals surface area contributed by atoms with Crippen LogP contribution in [0.5, 0.6) is 0 Å². The van der Waals surface area contributed by atoms with E-state index >= 15 is 0 Å². The Balaban J connectivity index is 2.25. The van der Waals surface area contributed by atoms with Gasteiger partial charge in [0.05, 0.1) is 0 Å². The largest absolute Gasteiger partial charge is 0.221 e. The first-order valence-electron chi connectivity index (χ1n) is 3.95. The van der Waals surface area contributed by atoms with Crippen molar-refractivity contribution < 1.29 is 0 Å². The second-order valence-electron chi connectivity index (χ2n) is 2.69. The zero-order valence-electron chi connectivity index (χ0n) is 7.08. The quantitative estimate of drug-likeness (QED) is 0.757. The van der Waals surface area contributed by atoms with Crippen LogP contribution < -0.4 is 0 Å². The maximum Gasteiger partial charge on any atom is 0.137 e. The van der Waals surface area contributed by atoms with Crippen molar-refractivity contribution >= 4 is 34.5 Å². The van der Waals surface area contributed by atoms with Gasteiger partial charge in [0.1, 0.15) is 16.1 Å². The molecule has 2 heterocycles. The Labute approximate surface area is 95.5 Å². The summed E-state index contributed by atoms with van der Waals surface area (Å²) in [6.07, 6.45) is 0.679. The summed E-state index contributed by atoms with van der Waals surface area (Å²) >= 11 is 13.2. The van der Waals surface area contributed by atoms with E-state index in [2.05, 4.69) is 9.97 Å². The zero-order valence-corrected chi connectivity index (χ0v) is 9.40. The normalized spacial score (nSPS) is 10.4. The summed E-state index contributed by atoms with van der Waals surface area (Å²) in [5.74, 6) is 0.657. The average Bonchev–Trinajstić information content (AvgIpc) is 2.54. The summed E-state index contributed by atoms with van der Waals surface area (Å²) in [6.45, 7) is 0. The van der Waals surface area contributed by atoms with Gasteiger partial charge in [0, 0.05) is 17.4 Å². The van der Waals surface area contributed by atoms with Crippen LogP contribution in [0.25, 0.3) is 0 Å². The van der Waals surface area contributed by atoms with E-state index in [4.69, 9.17) is 23.2 Å². The third-order valence-electron chi connectivity index (χ3n) is 1.62. The third-order valence-corrected chi connectivity index (χ3v) is 2.89. The standard InChI is InChI=1S/C9H6Cl2N2S/c10-7-5-8(11)13-9(12-7)4-6-2-1-3-14-6/h1-3,5H,4H2. The molecular weight excluding hydrogens is 239 g/mol. The van der Waals surface area contributed by atoms with Crippen LogP contribution >= 0.6 is 34.5 Å². The second-order valence-corrected chi connectivity index (χ2v) is 4.49. The van der Waals surface area contributed by atoms with E-state index in [9.17, 15) is 0 Å². The van der Waals surface area contributed by atoms with Crippen molar-refractivity contribution in [2.24, 2.45) is 0 Å². The molecule has 0 fully saturated rings. The first-order chi connectivity index (χ1) is 6.74. The Kier molecular flexibility index (Phi) is 3.01. The maximum absolute atomic E-state index is 5.76. The fourth-order valence-corrected chi connectivity index (χ4v) is 2.24. The van der Waals surface area contributed by atoms with Crippen LogP contribution in [0.15, 0.2) is 23.6 Å². The number of halogens is 2. The van der Waals surface area contributed by atoms with Crippen molar-refractivity contribution in [2.75, 3.05) is 0 Å². The van der Waals surface area contributed by atoms with Crippen LogP contribution in [-0.2, 0) is 6.42 Å². The average molecular weight is 245 g/mol. The van der Waals surface area contributed by atoms with Crippen molar-refractivity contribution in [3.05, 3.63) is 44.6 Å². The molecule has 5 heteroatoms. The second kappa shape index (κ2) is 4.26. The Hall–Kier alpha value is -0.640. The predicted octanol–water partition coefficient (Wildman–Crippen LogP) is 3.44. The fourth-order valence-electron chi connectivity index (χ4n) is 1.08. The number of thiophene rings is 1. The molecule has 0 amide bonds. The van der Waals surface area contributed by atoms with Crippen LogP contribution in [0.2, 0.25) is 10.3 Å². The van der Waals surface area contributed by atoms with Gasteiger partial charge in [-0.25, -0.2) is 9.97 Å². The van der Waals surface area contributed by atoms with Gasteiger partial charge in [-0.2, -0.15) is 0 Å². The van der Waals surface area contributed by atoms with Gasteiger partial charge in [-0.05, 0) is 11.4 Å². The minimum absolute atomic E-state index is 0.386. The Morgan fingerprint density at radius 1 is 1.21 bits per heavy atom. The number of hydrogen-bond donors (Lipinski definition) is 0. The van der Waals surface area contributed by atoms with Gasteiger partial charge in [0.15, 0.2) is 0 Å². The summed E-state index contributed by atoms with van der Waals surface area (Å²) in [4.78, 5) is 9.37. The number of rotatable bonds is 2. The number of nitrogens with zero attached hydrogens (tertiary/aromatic N) is 2. The number of aromatic nitrogens is 2. The first kappa shape index (κ1) is 9.90. The molecule has 0 aliphatic carbocycles. The van der Waals surface area contributed by atoms with Crippen LogP contribution in [-0.4, -0.2) is 9.97 Å². The summed E-state index contributed by atoms with van der Waals surface area (Å²) in [5.41, 5.74) is 0. The molecular formula is C9H6Cl2N2S. The van der Waals surface area contributed by atoms with Crippen LogP contribution in [0.3, 0.4) is 0 Å². The third kappa shape index (κ3) is 2.44. The monoisotopic (exact) mass is 244 g/mol. The van der Waals surface area contributed by atoms with Gasteiger partial charge in [0.2, 0.25) is 0 Å². The summed E-state index contributed by atoms with van der Waals surface area (Å²) in [6, 6.07) is 5.55. The van der Waals surface area contributed by atoms with Crippen LogP contribution in [0, 0.1) is 0 Å². The van der Waals surface area contributed by atoms with Crippen molar-refractivity contribution in [2.45, 2.75) is 6.42 Å². The predicted molar refractivity (Wildman–Crippen MR) is 59.2 cm³/mol. The van der Waals surface area contributed by atoms with E-state index in [1.54, 1.807) is 11.3 Å². The summed E-state index contributed by atoms with van der Waals surface area (Å²) in [7, 11) is 0. The lowest BCUT2D eigenvalue weighted by Gasteiger charge is -1.98. The zero-order chi connectivity index (χ0) is 9.97. The highest BCUT2D eigenvalue weighted by atomic mass is 35.5. The molecule has 0 aromatic carbocycles. The minimum Gasteiger partial charge on any atom is -0.221 e. The SMILES string of the molecule is Clc1cc(Cl)nc(Cc2cccs2)n1. The molecule has 2 aromatic rings. The van der Waals surface area contributed by atoms with Crippen LogP contribution in [0.1, 0.15) is 10.7 Å². The van der Waals surface area contributed by atoms with Gasteiger partial charge in [-0.3, -0.25) is 0 Å². The molecule has 0 spiro atoms. The lowest BCUT2D eigenvalue weighted by atomic mass is 10.3. The van der Waals surface area contributed by atoms with E-state index in [0.29, 0.717) is 22.6 Å². The van der Waals surface area contributed by atoms with E-state index in [1.165, 1.54) is 10.9 Å². The summed E-state index contributed by atoms with van der Waals surface area (Å²) < 4.78 is 0. The lowest BCUT2D eigenvalue weighted by molar-refractivity contribution is 0.981. The van der Waals surface area contributed by atoms with Crippen molar-refractivity contribution in [1.29, 1.82) is 0 Å². The molecule has 0 aliphatic heterocycles. The highest BCUT2D eigenvalue weighted by Gasteiger charge is 2.03. The summed E-state index contributed by atoms with van der Waals surface area (Å²) in [5, 5.41) is 2.79.